The van der Waals surface area contributed by atoms with Crippen molar-refractivity contribution < 1.29 is 9.59 Å². The van der Waals surface area contributed by atoms with Gasteiger partial charge in [-0.05, 0) is 40.8 Å². The second-order valence-electron chi connectivity index (χ2n) is 8.00. The van der Waals surface area contributed by atoms with Crippen LogP contribution >= 0.6 is 0 Å². The van der Waals surface area contributed by atoms with E-state index in [1.165, 1.54) is 4.90 Å². The highest BCUT2D eigenvalue weighted by atomic mass is 16.2. The van der Waals surface area contributed by atoms with Crippen molar-refractivity contribution in [1.29, 1.82) is 5.26 Å². The van der Waals surface area contributed by atoms with Gasteiger partial charge in [-0.1, -0.05) is 66.7 Å². The van der Waals surface area contributed by atoms with Crippen LogP contribution in [0, 0.1) is 23.2 Å². The van der Waals surface area contributed by atoms with Gasteiger partial charge < -0.3 is 0 Å². The monoisotopic (exact) mass is 392 g/mol. The first-order chi connectivity index (χ1) is 14.7. The van der Waals surface area contributed by atoms with Crippen molar-refractivity contribution in [2.75, 3.05) is 0 Å². The molecule has 2 amide bonds. The molecule has 3 aromatic carbocycles. The highest BCUT2D eigenvalue weighted by molar-refractivity contribution is 6.06. The summed E-state index contributed by atoms with van der Waals surface area (Å²) < 4.78 is 0. The van der Waals surface area contributed by atoms with E-state index in [4.69, 9.17) is 0 Å². The van der Waals surface area contributed by atoms with E-state index in [0.717, 1.165) is 22.3 Å². The Balaban J connectivity index is 1.60. The molecule has 146 valence electrons. The Kier molecular flexibility index (Phi) is 4.44. The molecule has 1 fully saturated rings. The predicted octanol–water partition coefficient (Wildman–Crippen LogP) is 4.05. The number of carbonyl (C=O) groups excluding carboxylic acids is 2. The second kappa shape index (κ2) is 7.27. The molecule has 0 saturated carbocycles. The molecule has 3 unspecified atom stereocenters. The number of hydrogen-bond acceptors (Lipinski definition) is 3. The standard InChI is InChI=1S/C26H20N2O2/c27-15-18-11-12-20-14-22-24(23(21(20)13-18)19-9-5-2-6-10-19)26(30)28(25(22)29)16-17-7-3-1-4-8-17/h1-13,22-24H,14,16H2. The zero-order valence-corrected chi connectivity index (χ0v) is 16.4. The molecule has 1 aliphatic carbocycles. The zero-order chi connectivity index (χ0) is 20.7. The van der Waals surface area contributed by atoms with Crippen LogP contribution in [0.4, 0.5) is 0 Å². The molecule has 4 heteroatoms. The fourth-order valence-electron chi connectivity index (χ4n) is 4.94. The maximum atomic E-state index is 13.5. The van der Waals surface area contributed by atoms with Crippen LogP contribution in [0.2, 0.25) is 0 Å². The minimum absolute atomic E-state index is 0.0928. The first kappa shape index (κ1) is 18.3. The van der Waals surface area contributed by atoms with Crippen LogP contribution in [-0.4, -0.2) is 16.7 Å². The fourth-order valence-corrected chi connectivity index (χ4v) is 4.94. The van der Waals surface area contributed by atoms with Gasteiger partial charge in [-0.25, -0.2) is 0 Å². The van der Waals surface area contributed by atoms with Crippen molar-refractivity contribution in [1.82, 2.24) is 4.90 Å². The zero-order valence-electron chi connectivity index (χ0n) is 16.4. The Bertz CT molecular complexity index is 1160. The number of rotatable bonds is 3. The highest BCUT2D eigenvalue weighted by Gasteiger charge is 2.53. The quantitative estimate of drug-likeness (QED) is 0.632. The number of imide groups is 1. The molecule has 30 heavy (non-hydrogen) atoms. The Hall–Kier alpha value is -3.71. The average molecular weight is 392 g/mol. The molecule has 0 N–H and O–H groups in total. The van der Waals surface area contributed by atoms with Crippen molar-refractivity contribution in [3.05, 3.63) is 107 Å². The molecule has 2 aliphatic rings. The van der Waals surface area contributed by atoms with Gasteiger partial charge in [0, 0.05) is 5.92 Å². The summed E-state index contributed by atoms with van der Waals surface area (Å²) in [6.45, 7) is 0.298. The van der Waals surface area contributed by atoms with Gasteiger partial charge >= 0.3 is 0 Å². The maximum Gasteiger partial charge on any atom is 0.234 e. The summed E-state index contributed by atoms with van der Waals surface area (Å²) in [4.78, 5) is 28.3. The highest BCUT2D eigenvalue weighted by Crippen LogP contribution is 2.48. The molecule has 0 spiro atoms. The summed E-state index contributed by atoms with van der Waals surface area (Å²) in [6.07, 6.45) is 0.533. The molecule has 1 heterocycles. The smallest absolute Gasteiger partial charge is 0.234 e. The first-order valence-corrected chi connectivity index (χ1v) is 10.1. The number of carbonyl (C=O) groups is 2. The van der Waals surface area contributed by atoms with Crippen LogP contribution in [0.3, 0.4) is 0 Å². The van der Waals surface area contributed by atoms with Crippen LogP contribution in [0.15, 0.2) is 78.9 Å². The lowest BCUT2D eigenvalue weighted by Crippen LogP contribution is -2.33. The van der Waals surface area contributed by atoms with E-state index in [-0.39, 0.29) is 23.7 Å². The molecule has 5 rings (SSSR count). The summed E-state index contributed by atoms with van der Waals surface area (Å²) in [5.74, 6) is -1.25. The molecule has 1 saturated heterocycles. The Labute approximate surface area is 175 Å². The molecule has 3 aromatic rings. The molecule has 1 aliphatic heterocycles. The van der Waals surface area contributed by atoms with E-state index >= 15 is 0 Å². The summed E-state index contributed by atoms with van der Waals surface area (Å²) in [5.41, 5.74) is 4.56. The summed E-state index contributed by atoms with van der Waals surface area (Å²) in [6, 6.07) is 27.3. The fraction of sp³-hybridized carbons (Fsp3) is 0.192. The maximum absolute atomic E-state index is 13.5. The van der Waals surface area contributed by atoms with Crippen LogP contribution in [0.25, 0.3) is 0 Å². The van der Waals surface area contributed by atoms with Crippen LogP contribution in [-0.2, 0) is 22.6 Å². The number of nitrogens with zero attached hydrogens (tertiary/aromatic N) is 2. The van der Waals surface area contributed by atoms with Gasteiger partial charge in [-0.3, -0.25) is 14.5 Å². The van der Waals surface area contributed by atoms with Crippen LogP contribution in [0.1, 0.15) is 33.7 Å². The van der Waals surface area contributed by atoms with Crippen molar-refractivity contribution in [2.45, 2.75) is 18.9 Å². The van der Waals surface area contributed by atoms with E-state index in [2.05, 4.69) is 6.07 Å². The van der Waals surface area contributed by atoms with Gasteiger partial charge in [0.1, 0.15) is 0 Å². The number of hydrogen-bond donors (Lipinski definition) is 0. The molecular weight excluding hydrogens is 372 g/mol. The third-order valence-corrected chi connectivity index (χ3v) is 6.32. The van der Waals surface area contributed by atoms with Gasteiger partial charge in [0.15, 0.2) is 0 Å². The molecule has 3 atom stereocenters. The van der Waals surface area contributed by atoms with E-state index in [1.807, 2.05) is 72.8 Å². The second-order valence-corrected chi connectivity index (χ2v) is 8.00. The van der Waals surface area contributed by atoms with Crippen LogP contribution in [0.5, 0.6) is 0 Å². The topological polar surface area (TPSA) is 61.2 Å². The first-order valence-electron chi connectivity index (χ1n) is 10.1. The van der Waals surface area contributed by atoms with Gasteiger partial charge in [-0.15, -0.1) is 0 Å². The minimum atomic E-state index is -0.440. The minimum Gasteiger partial charge on any atom is -0.278 e. The molecule has 0 radical (unpaired) electrons. The van der Waals surface area contributed by atoms with Gasteiger partial charge in [0.05, 0.1) is 30.0 Å². The number of nitriles is 1. The van der Waals surface area contributed by atoms with E-state index in [1.54, 1.807) is 6.07 Å². The van der Waals surface area contributed by atoms with E-state index in [9.17, 15) is 14.9 Å². The third-order valence-electron chi connectivity index (χ3n) is 6.32. The Morgan fingerprint density at radius 2 is 1.60 bits per heavy atom. The molecule has 4 nitrogen and oxygen atoms in total. The lowest BCUT2D eigenvalue weighted by molar-refractivity contribution is -0.140. The lowest BCUT2D eigenvalue weighted by atomic mass is 9.67. The van der Waals surface area contributed by atoms with Crippen molar-refractivity contribution in [3.8, 4) is 6.07 Å². The van der Waals surface area contributed by atoms with Gasteiger partial charge in [-0.2, -0.15) is 5.26 Å². The van der Waals surface area contributed by atoms with Crippen molar-refractivity contribution >= 4 is 11.8 Å². The Morgan fingerprint density at radius 3 is 2.30 bits per heavy atom. The van der Waals surface area contributed by atoms with Gasteiger partial charge in [0.25, 0.3) is 0 Å². The normalized spacial score (nSPS) is 22.4. The average Bonchev–Trinajstić information content (AvgIpc) is 3.03. The number of likely N-dealkylation sites (tertiary alicyclic amines) is 1. The summed E-state index contributed by atoms with van der Waals surface area (Å²) in [7, 11) is 0. The molecule has 0 bridgehead atoms. The lowest BCUT2D eigenvalue weighted by Gasteiger charge is -2.33. The van der Waals surface area contributed by atoms with E-state index < -0.39 is 5.92 Å². The molecule has 0 aromatic heterocycles. The van der Waals surface area contributed by atoms with Crippen molar-refractivity contribution in [2.24, 2.45) is 11.8 Å². The van der Waals surface area contributed by atoms with Crippen molar-refractivity contribution in [3.63, 3.8) is 0 Å². The summed E-state index contributed by atoms with van der Waals surface area (Å²) in [5, 5.41) is 9.40. The van der Waals surface area contributed by atoms with Gasteiger partial charge in [0.2, 0.25) is 11.8 Å². The number of fused-ring (bicyclic) bond motifs is 2. The largest absolute Gasteiger partial charge is 0.278 e. The summed E-state index contributed by atoms with van der Waals surface area (Å²) >= 11 is 0. The van der Waals surface area contributed by atoms with Crippen LogP contribution < -0.4 is 0 Å². The predicted molar refractivity (Wildman–Crippen MR) is 112 cm³/mol. The Morgan fingerprint density at radius 1 is 0.900 bits per heavy atom. The van der Waals surface area contributed by atoms with E-state index in [0.29, 0.717) is 18.5 Å². The number of benzene rings is 3. The number of amides is 2. The third kappa shape index (κ3) is 2.91. The molecular formula is C26H20N2O2. The SMILES string of the molecule is N#Cc1ccc2c(c1)C(c1ccccc1)C1C(=O)N(Cc3ccccc3)C(=O)C1C2.